The van der Waals surface area contributed by atoms with Crippen molar-refractivity contribution >= 4 is 8.32 Å². The molecule has 8 heteroatoms. The van der Waals surface area contributed by atoms with E-state index in [4.69, 9.17) is 9.16 Å². The third-order valence-corrected chi connectivity index (χ3v) is 14.6. The smallest absolute Gasteiger partial charge is 0.416 e. The van der Waals surface area contributed by atoms with Gasteiger partial charge in [-0.1, -0.05) is 73.4 Å². The number of benzene rings is 1. The Bertz CT molecular complexity index is 1320. The zero-order valence-corrected chi connectivity index (χ0v) is 27.1. The summed E-state index contributed by atoms with van der Waals surface area (Å²) in [5.41, 5.74) is 3.71. The summed E-state index contributed by atoms with van der Waals surface area (Å²) in [6, 6.07) is 5.30. The van der Waals surface area contributed by atoms with Crippen molar-refractivity contribution in [2.24, 2.45) is 5.41 Å². The van der Waals surface area contributed by atoms with Crippen LogP contribution in [0.4, 0.5) is 13.2 Å². The predicted molar refractivity (Wildman–Crippen MR) is 157 cm³/mol. The number of pyridine rings is 1. The van der Waals surface area contributed by atoms with Gasteiger partial charge in [-0.05, 0) is 60.5 Å². The maximum Gasteiger partial charge on any atom is 0.416 e. The Morgan fingerprint density at radius 2 is 1.61 bits per heavy atom. The molecule has 1 fully saturated rings. The van der Waals surface area contributed by atoms with E-state index < -0.39 is 31.8 Å². The number of halogens is 3. The molecular weight excluding hydrogens is 543 g/mol. The van der Waals surface area contributed by atoms with Crippen molar-refractivity contribution in [3.05, 3.63) is 68.7 Å². The summed E-state index contributed by atoms with van der Waals surface area (Å²) in [6.07, 6.45) is -0.110. The van der Waals surface area contributed by atoms with Gasteiger partial charge in [0.2, 0.25) is 5.69 Å². The highest BCUT2D eigenvalue weighted by atomic mass is 28.4. The molecule has 1 aromatic carbocycles. The number of rotatable bonds is 4. The van der Waals surface area contributed by atoms with Crippen LogP contribution < -0.4 is 4.73 Å². The molecule has 2 heterocycles. The molecule has 0 amide bonds. The van der Waals surface area contributed by atoms with Gasteiger partial charge in [0.15, 0.2) is 14.0 Å². The molecule has 2 aliphatic carbocycles. The molecule has 0 radical (unpaired) electrons. The van der Waals surface area contributed by atoms with Crippen molar-refractivity contribution in [3.8, 4) is 0 Å². The molecule has 1 spiro atoms. The lowest BCUT2D eigenvalue weighted by molar-refractivity contribution is -0.626. The second kappa shape index (κ2) is 9.81. The molecule has 1 aromatic heterocycles. The molecule has 2 atom stereocenters. The zero-order valence-electron chi connectivity index (χ0n) is 26.1. The van der Waals surface area contributed by atoms with Crippen molar-refractivity contribution < 1.29 is 27.1 Å². The Labute approximate surface area is 244 Å². The first-order valence-electron chi connectivity index (χ1n) is 15.1. The summed E-state index contributed by atoms with van der Waals surface area (Å²) in [5, 5.41) is 14.4. The molecular formula is C33H46F3NO3Si. The lowest BCUT2D eigenvalue weighted by atomic mass is 9.70. The highest BCUT2D eigenvalue weighted by molar-refractivity contribution is 6.74. The summed E-state index contributed by atoms with van der Waals surface area (Å²) in [4.78, 5) is 0. The number of hydrogen-bond donors (Lipinski definition) is 0. The molecule has 1 aliphatic heterocycles. The van der Waals surface area contributed by atoms with Crippen molar-refractivity contribution in [1.82, 2.24) is 0 Å². The van der Waals surface area contributed by atoms with Crippen molar-refractivity contribution in [3.63, 3.8) is 0 Å². The largest absolute Gasteiger partial charge is 0.618 e. The number of hydrogen-bond acceptors (Lipinski definition) is 3. The molecule has 0 bridgehead atoms. The Hall–Kier alpha value is -1.90. The second-order valence-corrected chi connectivity index (χ2v) is 20.0. The lowest BCUT2D eigenvalue weighted by Crippen LogP contribution is -2.49. The molecule has 41 heavy (non-hydrogen) atoms. The molecule has 4 nitrogen and oxygen atoms in total. The third kappa shape index (κ3) is 5.16. The molecule has 226 valence electrons. The van der Waals surface area contributed by atoms with E-state index in [0.717, 1.165) is 71.4 Å². The fraction of sp³-hybridized carbons (Fsp3) is 0.667. The summed E-state index contributed by atoms with van der Waals surface area (Å²) in [7, 11) is -2.22. The minimum atomic E-state index is -4.42. The maximum absolute atomic E-state index is 14.4. The average molecular weight is 590 g/mol. The van der Waals surface area contributed by atoms with E-state index in [0.29, 0.717) is 17.7 Å². The van der Waals surface area contributed by atoms with Gasteiger partial charge in [0.1, 0.15) is 6.10 Å². The topological polar surface area (TPSA) is 45.4 Å². The standard InChI is InChI=1S/C33H46F3NO3Si/c1-20(2)28-26-27(25-23(37(28)38)18-31(6,7)19-24(25)40-41(8,9)30(3,4)5)32(16-10-11-17-32)39-29(26)21-12-14-22(15-13-21)33(34,35)36/h12-15,20,24,29H,10-11,16-19H2,1-9H3/t24?,29-/m1/s1. The summed E-state index contributed by atoms with van der Waals surface area (Å²) < 4.78 is 55.6. The van der Waals surface area contributed by atoms with Crippen molar-refractivity contribution in [1.29, 1.82) is 0 Å². The monoisotopic (exact) mass is 589 g/mol. The molecule has 0 saturated heterocycles. The zero-order chi connectivity index (χ0) is 30.3. The molecule has 3 aliphatic rings. The number of fused-ring (bicyclic) bond motifs is 4. The van der Waals surface area contributed by atoms with Gasteiger partial charge in [0.05, 0.1) is 28.4 Å². The van der Waals surface area contributed by atoms with Crippen LogP contribution in [0.5, 0.6) is 0 Å². The highest BCUT2D eigenvalue weighted by Crippen LogP contribution is 2.60. The number of aromatic nitrogens is 1. The normalized spacial score (nSPS) is 23.7. The Kier molecular flexibility index (Phi) is 7.31. The van der Waals surface area contributed by atoms with Crippen LogP contribution in [0.15, 0.2) is 24.3 Å². The Balaban J connectivity index is 1.79. The number of alkyl halides is 3. The van der Waals surface area contributed by atoms with E-state index in [1.807, 2.05) is 13.8 Å². The molecule has 1 saturated carbocycles. The quantitative estimate of drug-likeness (QED) is 0.203. The first-order chi connectivity index (χ1) is 18.8. The van der Waals surface area contributed by atoms with Gasteiger partial charge < -0.3 is 14.4 Å². The maximum atomic E-state index is 14.4. The van der Waals surface area contributed by atoms with Crippen molar-refractivity contribution in [2.75, 3.05) is 0 Å². The van der Waals surface area contributed by atoms with Gasteiger partial charge in [-0.3, -0.25) is 0 Å². The highest BCUT2D eigenvalue weighted by Gasteiger charge is 2.56. The Morgan fingerprint density at radius 3 is 2.12 bits per heavy atom. The van der Waals surface area contributed by atoms with E-state index in [1.54, 1.807) is 0 Å². The first kappa shape index (κ1) is 30.6. The second-order valence-electron chi connectivity index (χ2n) is 15.2. The van der Waals surface area contributed by atoms with Gasteiger partial charge >= 0.3 is 6.18 Å². The summed E-state index contributed by atoms with van der Waals surface area (Å²) >= 11 is 0. The molecule has 1 unspecified atom stereocenters. The first-order valence-corrected chi connectivity index (χ1v) is 18.0. The predicted octanol–water partition coefficient (Wildman–Crippen LogP) is 9.39. The van der Waals surface area contributed by atoms with E-state index in [-0.39, 0.29) is 22.5 Å². The van der Waals surface area contributed by atoms with Crippen LogP contribution in [0, 0.1) is 10.6 Å². The minimum absolute atomic E-state index is 0.00640. The van der Waals surface area contributed by atoms with Crippen LogP contribution in [0.3, 0.4) is 0 Å². The average Bonchev–Trinajstić information content (AvgIpc) is 3.42. The van der Waals surface area contributed by atoms with Gasteiger partial charge in [-0.25, -0.2) is 0 Å². The number of ether oxygens (including phenoxy) is 1. The van der Waals surface area contributed by atoms with Gasteiger partial charge in [0.25, 0.3) is 0 Å². The van der Waals surface area contributed by atoms with Crippen LogP contribution in [-0.4, -0.2) is 8.32 Å². The number of nitrogens with zero attached hydrogens (tertiary/aromatic N) is 1. The molecule has 2 aromatic rings. The van der Waals surface area contributed by atoms with Crippen LogP contribution in [0.2, 0.25) is 18.1 Å². The van der Waals surface area contributed by atoms with Crippen LogP contribution >= 0.6 is 0 Å². The van der Waals surface area contributed by atoms with Crippen molar-refractivity contribution in [2.45, 2.75) is 135 Å². The van der Waals surface area contributed by atoms with E-state index >= 15 is 0 Å². The SMILES string of the molecule is CC(C)c1c2c(c3c([n+]1[O-])CC(C)(C)CC3O[Si](C)(C)C(C)(C)C)C1(CCCC1)O[C@@H]2c1ccc(C(F)(F)F)cc1. The van der Waals surface area contributed by atoms with Gasteiger partial charge in [0, 0.05) is 17.9 Å². The van der Waals surface area contributed by atoms with Crippen LogP contribution in [0.1, 0.15) is 138 Å². The Morgan fingerprint density at radius 1 is 1.02 bits per heavy atom. The van der Waals surface area contributed by atoms with E-state index in [2.05, 4.69) is 47.7 Å². The fourth-order valence-corrected chi connectivity index (χ4v) is 8.36. The molecule has 5 rings (SSSR count). The summed E-state index contributed by atoms with van der Waals surface area (Å²) in [6.45, 7) is 19.7. The fourth-order valence-electron chi connectivity index (χ4n) is 7.10. The van der Waals surface area contributed by atoms with Crippen LogP contribution in [0.25, 0.3) is 0 Å². The third-order valence-electron chi connectivity index (χ3n) is 10.1. The minimum Gasteiger partial charge on any atom is -0.618 e. The lowest BCUT2D eigenvalue weighted by Gasteiger charge is -2.45. The van der Waals surface area contributed by atoms with Gasteiger partial charge in [-0.15, -0.1) is 0 Å². The molecule has 0 N–H and O–H groups in total. The van der Waals surface area contributed by atoms with E-state index in [1.165, 1.54) is 12.1 Å². The van der Waals surface area contributed by atoms with Crippen LogP contribution in [-0.2, 0) is 27.4 Å². The van der Waals surface area contributed by atoms with Gasteiger partial charge in [-0.2, -0.15) is 17.9 Å². The van der Waals surface area contributed by atoms with E-state index in [9.17, 15) is 18.4 Å². The summed E-state index contributed by atoms with van der Waals surface area (Å²) in [5.74, 6) is -0.0894.